The highest BCUT2D eigenvalue weighted by Crippen LogP contribution is 2.19. The summed E-state index contributed by atoms with van der Waals surface area (Å²) in [5.41, 5.74) is 0.344. The molecule has 1 aliphatic rings. The van der Waals surface area contributed by atoms with Crippen molar-refractivity contribution >= 4 is 29.3 Å². The topological polar surface area (TPSA) is 66.5 Å². The Morgan fingerprint density at radius 2 is 2.05 bits per heavy atom. The van der Waals surface area contributed by atoms with E-state index < -0.39 is 11.9 Å². The first-order chi connectivity index (χ1) is 9.00. The maximum Gasteiger partial charge on any atom is 0.255 e. The number of carbonyl (C=O) groups is 3. The van der Waals surface area contributed by atoms with Gasteiger partial charge in [-0.2, -0.15) is 0 Å². The minimum absolute atomic E-state index is 0.233. The summed E-state index contributed by atoms with van der Waals surface area (Å²) in [5, 5.41) is 2.57. The van der Waals surface area contributed by atoms with Crippen LogP contribution in [0.15, 0.2) is 24.3 Å². The Morgan fingerprint density at radius 1 is 1.37 bits per heavy atom. The van der Waals surface area contributed by atoms with Crippen molar-refractivity contribution in [2.75, 3.05) is 7.05 Å². The second-order valence-corrected chi connectivity index (χ2v) is 4.77. The molecular formula is C13H13ClN2O3. The van der Waals surface area contributed by atoms with E-state index in [0.717, 1.165) is 0 Å². The summed E-state index contributed by atoms with van der Waals surface area (Å²) < 4.78 is 0. The summed E-state index contributed by atoms with van der Waals surface area (Å²) in [6, 6.07) is 6.02. The van der Waals surface area contributed by atoms with Gasteiger partial charge in [0.25, 0.3) is 5.91 Å². The van der Waals surface area contributed by atoms with Crippen molar-refractivity contribution in [2.45, 2.75) is 18.9 Å². The fourth-order valence-electron chi connectivity index (χ4n) is 2.02. The van der Waals surface area contributed by atoms with Crippen LogP contribution in [0.3, 0.4) is 0 Å². The first-order valence-corrected chi connectivity index (χ1v) is 6.24. The number of amides is 3. The van der Waals surface area contributed by atoms with Crippen LogP contribution in [0.1, 0.15) is 23.2 Å². The predicted molar refractivity (Wildman–Crippen MR) is 69.7 cm³/mol. The molecule has 1 atom stereocenters. The number of nitrogens with zero attached hydrogens (tertiary/aromatic N) is 1. The van der Waals surface area contributed by atoms with E-state index in [0.29, 0.717) is 17.0 Å². The molecule has 0 radical (unpaired) electrons. The second kappa shape index (κ2) is 5.40. The van der Waals surface area contributed by atoms with E-state index in [1.165, 1.54) is 11.9 Å². The van der Waals surface area contributed by atoms with E-state index in [9.17, 15) is 14.4 Å². The summed E-state index contributed by atoms with van der Waals surface area (Å²) in [4.78, 5) is 36.4. The molecule has 1 fully saturated rings. The van der Waals surface area contributed by atoms with Gasteiger partial charge in [0, 0.05) is 13.5 Å². The van der Waals surface area contributed by atoms with Crippen molar-refractivity contribution in [2.24, 2.45) is 0 Å². The van der Waals surface area contributed by atoms with Crippen molar-refractivity contribution in [1.82, 2.24) is 10.2 Å². The summed E-state index contributed by atoms with van der Waals surface area (Å²) in [5.74, 6) is -1.08. The van der Waals surface area contributed by atoms with Gasteiger partial charge in [0.2, 0.25) is 11.8 Å². The molecule has 0 aliphatic carbocycles. The molecule has 1 N–H and O–H groups in total. The molecule has 0 saturated carbocycles. The molecule has 0 aromatic heterocycles. The number of likely N-dealkylation sites (N-methyl/N-ethyl adjacent to an activating group) is 1. The summed E-state index contributed by atoms with van der Waals surface area (Å²) >= 11 is 5.96. The number of hydrogen-bond donors (Lipinski definition) is 1. The molecular weight excluding hydrogens is 268 g/mol. The van der Waals surface area contributed by atoms with E-state index in [-0.39, 0.29) is 18.2 Å². The monoisotopic (exact) mass is 280 g/mol. The maximum atomic E-state index is 12.3. The number of carbonyl (C=O) groups excluding carboxylic acids is 3. The molecule has 6 heteroatoms. The van der Waals surface area contributed by atoms with Gasteiger partial charge in [-0.25, -0.2) is 0 Å². The van der Waals surface area contributed by atoms with Crippen LogP contribution < -0.4 is 5.32 Å². The van der Waals surface area contributed by atoms with Gasteiger partial charge in [0.05, 0.1) is 10.6 Å². The van der Waals surface area contributed by atoms with Crippen LogP contribution in [0.25, 0.3) is 0 Å². The molecule has 3 amide bonds. The lowest BCUT2D eigenvalue weighted by atomic mass is 10.0. The molecule has 1 aromatic rings. The number of benzene rings is 1. The zero-order valence-corrected chi connectivity index (χ0v) is 11.1. The van der Waals surface area contributed by atoms with Crippen molar-refractivity contribution in [3.8, 4) is 0 Å². The number of hydrogen-bond acceptors (Lipinski definition) is 3. The number of imide groups is 1. The minimum Gasteiger partial charge on any atom is -0.330 e. The Morgan fingerprint density at radius 3 is 2.68 bits per heavy atom. The van der Waals surface area contributed by atoms with Gasteiger partial charge < -0.3 is 4.90 Å². The number of nitrogens with one attached hydrogen (secondary N) is 1. The molecule has 0 spiro atoms. The molecule has 0 bridgehead atoms. The zero-order chi connectivity index (χ0) is 14.0. The number of rotatable bonds is 2. The van der Waals surface area contributed by atoms with E-state index in [1.807, 2.05) is 0 Å². The molecule has 1 heterocycles. The van der Waals surface area contributed by atoms with Crippen molar-refractivity contribution in [3.63, 3.8) is 0 Å². The molecule has 1 aromatic carbocycles. The Labute approximate surface area is 115 Å². The largest absolute Gasteiger partial charge is 0.330 e. The van der Waals surface area contributed by atoms with Gasteiger partial charge in [-0.3, -0.25) is 19.7 Å². The number of halogens is 1. The molecule has 1 saturated heterocycles. The highest BCUT2D eigenvalue weighted by Gasteiger charge is 2.32. The normalized spacial score (nSPS) is 18.9. The maximum absolute atomic E-state index is 12.3. The SMILES string of the molecule is CN(C(=O)c1ccccc1Cl)C1CCC(=O)NC1=O. The van der Waals surface area contributed by atoms with E-state index in [1.54, 1.807) is 24.3 Å². The average molecular weight is 281 g/mol. The summed E-state index contributed by atoms with van der Waals surface area (Å²) in [7, 11) is 1.53. The van der Waals surface area contributed by atoms with E-state index in [4.69, 9.17) is 11.6 Å². The standard InChI is InChI=1S/C13H13ClN2O3/c1-16(10-6-7-11(17)15-12(10)18)13(19)8-4-2-3-5-9(8)14/h2-5,10H,6-7H2,1H3,(H,15,17,18). The van der Waals surface area contributed by atoms with E-state index in [2.05, 4.69) is 5.32 Å². The van der Waals surface area contributed by atoms with Crippen molar-refractivity contribution < 1.29 is 14.4 Å². The first kappa shape index (κ1) is 13.5. The Bertz CT molecular complexity index is 544. The van der Waals surface area contributed by atoms with Crippen LogP contribution in [0.2, 0.25) is 5.02 Å². The van der Waals surface area contributed by atoms with Crippen LogP contribution in [-0.2, 0) is 9.59 Å². The third-order valence-electron chi connectivity index (χ3n) is 3.10. The molecule has 100 valence electrons. The Kier molecular flexibility index (Phi) is 3.85. The molecule has 19 heavy (non-hydrogen) atoms. The van der Waals surface area contributed by atoms with E-state index >= 15 is 0 Å². The quantitative estimate of drug-likeness (QED) is 0.828. The predicted octanol–water partition coefficient (Wildman–Crippen LogP) is 1.22. The van der Waals surface area contributed by atoms with Gasteiger partial charge >= 0.3 is 0 Å². The Hall–Kier alpha value is -1.88. The van der Waals surface area contributed by atoms with Crippen LogP contribution in [0, 0.1) is 0 Å². The van der Waals surface area contributed by atoms with Crippen molar-refractivity contribution in [3.05, 3.63) is 34.9 Å². The highest BCUT2D eigenvalue weighted by atomic mass is 35.5. The highest BCUT2D eigenvalue weighted by molar-refractivity contribution is 6.33. The fourth-order valence-corrected chi connectivity index (χ4v) is 2.23. The lowest BCUT2D eigenvalue weighted by molar-refractivity contribution is -0.136. The Balaban J connectivity index is 2.18. The fraction of sp³-hybridized carbons (Fsp3) is 0.308. The van der Waals surface area contributed by atoms with Crippen LogP contribution in [0.4, 0.5) is 0 Å². The average Bonchev–Trinajstić information content (AvgIpc) is 2.38. The van der Waals surface area contributed by atoms with Gasteiger partial charge in [-0.05, 0) is 18.6 Å². The second-order valence-electron chi connectivity index (χ2n) is 4.36. The van der Waals surface area contributed by atoms with Crippen LogP contribution in [0.5, 0.6) is 0 Å². The van der Waals surface area contributed by atoms with Gasteiger partial charge in [-0.15, -0.1) is 0 Å². The molecule has 1 unspecified atom stereocenters. The van der Waals surface area contributed by atoms with Crippen LogP contribution >= 0.6 is 11.6 Å². The third kappa shape index (κ3) is 2.76. The third-order valence-corrected chi connectivity index (χ3v) is 3.43. The summed E-state index contributed by atoms with van der Waals surface area (Å²) in [6.45, 7) is 0. The first-order valence-electron chi connectivity index (χ1n) is 5.86. The number of piperidine rings is 1. The minimum atomic E-state index is -0.638. The summed E-state index contributed by atoms with van der Waals surface area (Å²) in [6.07, 6.45) is 0.563. The lowest BCUT2D eigenvalue weighted by Gasteiger charge is -2.29. The van der Waals surface area contributed by atoms with Gasteiger partial charge in [0.1, 0.15) is 6.04 Å². The smallest absolute Gasteiger partial charge is 0.255 e. The van der Waals surface area contributed by atoms with Crippen molar-refractivity contribution in [1.29, 1.82) is 0 Å². The molecule has 5 nitrogen and oxygen atoms in total. The van der Waals surface area contributed by atoms with Crippen LogP contribution in [-0.4, -0.2) is 35.7 Å². The van der Waals surface area contributed by atoms with Gasteiger partial charge in [0.15, 0.2) is 0 Å². The molecule has 1 aliphatic heterocycles. The zero-order valence-electron chi connectivity index (χ0n) is 10.4. The molecule has 2 rings (SSSR count). The lowest BCUT2D eigenvalue weighted by Crippen LogP contribution is -2.52. The van der Waals surface area contributed by atoms with Gasteiger partial charge in [-0.1, -0.05) is 23.7 Å².